The van der Waals surface area contributed by atoms with Gasteiger partial charge in [0, 0.05) is 22.2 Å². The molecule has 8 nitrogen and oxygen atoms in total. The standard InChI is InChI=1S/C34H46N8.2ClH/c1-31(2)17-18-32(3,4)38-29(37-31)41-35-21-27-23-13-9-11-15-25(23)28(26-16-12-10-14-24(26)27)22-36-42-30-39-33(5,6)19-20-34(7,8)40-30;;/h9-16,21-22H,17-20H2,1-8H3,(H2,37,38,41)(H2,39,40,42);2*1H/b35-21+,36-22+;;. The van der Waals surface area contributed by atoms with Gasteiger partial charge in [0.25, 0.3) is 0 Å². The van der Waals surface area contributed by atoms with Gasteiger partial charge in [0.2, 0.25) is 11.9 Å². The molecule has 44 heavy (non-hydrogen) atoms. The highest BCUT2D eigenvalue weighted by Crippen LogP contribution is 2.31. The van der Waals surface area contributed by atoms with Crippen molar-refractivity contribution in [2.24, 2.45) is 20.2 Å². The minimum Gasteiger partial charge on any atom is -0.350 e. The van der Waals surface area contributed by atoms with Gasteiger partial charge in [0.1, 0.15) is 0 Å². The number of halogens is 2. The Morgan fingerprint density at radius 3 is 1.20 bits per heavy atom. The van der Waals surface area contributed by atoms with Gasteiger partial charge in [-0.05, 0) is 103 Å². The average molecular weight is 640 g/mol. The molecule has 238 valence electrons. The van der Waals surface area contributed by atoms with Crippen LogP contribution in [0, 0.1) is 0 Å². The lowest BCUT2D eigenvalue weighted by molar-refractivity contribution is 0.373. The third-order valence-corrected chi connectivity index (χ3v) is 8.21. The maximum absolute atomic E-state index is 4.91. The Balaban J connectivity index is 0.00000264. The number of benzene rings is 3. The fourth-order valence-corrected chi connectivity index (χ4v) is 5.67. The lowest BCUT2D eigenvalue weighted by Gasteiger charge is -2.25. The number of hydrogen-bond acceptors (Lipinski definition) is 8. The van der Waals surface area contributed by atoms with E-state index in [1.807, 2.05) is 12.4 Å². The predicted molar refractivity (Wildman–Crippen MR) is 193 cm³/mol. The smallest absolute Gasteiger partial charge is 0.213 e. The van der Waals surface area contributed by atoms with Crippen molar-refractivity contribution in [3.05, 3.63) is 59.7 Å². The summed E-state index contributed by atoms with van der Waals surface area (Å²) in [5, 5.41) is 20.9. The molecule has 2 aliphatic rings. The van der Waals surface area contributed by atoms with Gasteiger partial charge in [-0.1, -0.05) is 48.5 Å². The van der Waals surface area contributed by atoms with Crippen molar-refractivity contribution in [2.45, 2.75) is 103 Å². The highest BCUT2D eigenvalue weighted by Gasteiger charge is 2.30. The molecule has 0 fully saturated rings. The summed E-state index contributed by atoms with van der Waals surface area (Å²) in [6.45, 7) is 17.5. The predicted octanol–water partition coefficient (Wildman–Crippen LogP) is 7.28. The van der Waals surface area contributed by atoms with E-state index < -0.39 is 0 Å². The van der Waals surface area contributed by atoms with E-state index in [1.54, 1.807) is 0 Å². The van der Waals surface area contributed by atoms with E-state index in [0.717, 1.165) is 58.4 Å². The first kappa shape index (κ1) is 35.1. The summed E-state index contributed by atoms with van der Waals surface area (Å²) in [6, 6.07) is 16.8. The largest absolute Gasteiger partial charge is 0.350 e. The van der Waals surface area contributed by atoms with E-state index in [1.165, 1.54) is 0 Å². The van der Waals surface area contributed by atoms with Gasteiger partial charge in [-0.3, -0.25) is 0 Å². The zero-order valence-corrected chi connectivity index (χ0v) is 28.8. The quantitative estimate of drug-likeness (QED) is 0.137. The van der Waals surface area contributed by atoms with E-state index >= 15 is 0 Å². The molecule has 0 atom stereocenters. The third kappa shape index (κ3) is 8.42. The van der Waals surface area contributed by atoms with Crippen molar-refractivity contribution in [3.63, 3.8) is 0 Å². The number of nitrogens with one attached hydrogen (secondary N) is 4. The molecule has 0 aliphatic carbocycles. The van der Waals surface area contributed by atoms with Crippen LogP contribution < -0.4 is 21.5 Å². The molecular formula is C34H48Cl2N8. The van der Waals surface area contributed by atoms with Gasteiger partial charge >= 0.3 is 0 Å². The molecule has 0 saturated carbocycles. The van der Waals surface area contributed by atoms with Gasteiger partial charge in [-0.15, -0.1) is 24.8 Å². The summed E-state index contributed by atoms with van der Waals surface area (Å²) in [5.41, 5.74) is 8.07. The molecule has 0 aromatic heterocycles. The number of fused-ring (bicyclic) bond motifs is 2. The number of hydrogen-bond donors (Lipinski definition) is 4. The first-order valence-corrected chi connectivity index (χ1v) is 15.0. The second-order valence-corrected chi connectivity index (χ2v) is 14.2. The van der Waals surface area contributed by atoms with E-state index in [9.17, 15) is 0 Å². The number of guanidine groups is 2. The summed E-state index contributed by atoms with van der Waals surface area (Å²) in [6.07, 6.45) is 7.90. The van der Waals surface area contributed by atoms with Crippen LogP contribution in [0.15, 0.2) is 68.7 Å². The van der Waals surface area contributed by atoms with Crippen LogP contribution in [0.5, 0.6) is 0 Å². The van der Waals surface area contributed by atoms with Crippen molar-refractivity contribution in [3.8, 4) is 0 Å². The summed E-state index contributed by atoms with van der Waals surface area (Å²) in [5.74, 6) is 1.40. The highest BCUT2D eigenvalue weighted by molar-refractivity contribution is 6.21. The fourth-order valence-electron chi connectivity index (χ4n) is 5.67. The van der Waals surface area contributed by atoms with Gasteiger partial charge in [-0.2, -0.15) is 10.2 Å². The SMILES string of the molecule is CC1(C)CCC(C)(C)NC(N/N=C/c2c3ccccc3c(/C=N/NC3=NC(C)(C)CCC(C)(C)N3)c3ccccc23)=N1.Cl.Cl. The van der Waals surface area contributed by atoms with Crippen molar-refractivity contribution >= 4 is 70.7 Å². The van der Waals surface area contributed by atoms with E-state index in [4.69, 9.17) is 9.98 Å². The van der Waals surface area contributed by atoms with Crippen LogP contribution in [0.1, 0.15) is 92.2 Å². The second-order valence-electron chi connectivity index (χ2n) is 14.2. The maximum atomic E-state index is 4.91. The van der Waals surface area contributed by atoms with E-state index in [2.05, 4.69) is 136 Å². The van der Waals surface area contributed by atoms with Gasteiger partial charge in [-0.25, -0.2) is 20.8 Å². The van der Waals surface area contributed by atoms with Crippen LogP contribution in [0.2, 0.25) is 0 Å². The molecular weight excluding hydrogens is 591 g/mol. The third-order valence-electron chi connectivity index (χ3n) is 8.21. The molecule has 3 aromatic rings. The maximum Gasteiger partial charge on any atom is 0.213 e. The van der Waals surface area contributed by atoms with E-state index in [0.29, 0.717) is 11.9 Å². The average Bonchev–Trinajstić information content (AvgIpc) is 3.09. The van der Waals surface area contributed by atoms with Crippen molar-refractivity contribution in [2.75, 3.05) is 0 Å². The van der Waals surface area contributed by atoms with Crippen molar-refractivity contribution in [1.29, 1.82) is 0 Å². The lowest BCUT2D eigenvalue weighted by Crippen LogP contribution is -2.47. The van der Waals surface area contributed by atoms with Crippen molar-refractivity contribution < 1.29 is 0 Å². The molecule has 0 amide bonds. The Morgan fingerprint density at radius 2 is 0.886 bits per heavy atom. The van der Waals surface area contributed by atoms with Crippen LogP contribution in [0.25, 0.3) is 21.5 Å². The Kier molecular flexibility index (Phi) is 10.6. The summed E-state index contributed by atoms with van der Waals surface area (Å²) in [4.78, 5) is 9.82. The molecule has 0 unspecified atom stereocenters. The molecule has 10 heteroatoms. The molecule has 0 radical (unpaired) electrons. The summed E-state index contributed by atoms with van der Waals surface area (Å²) >= 11 is 0. The topological polar surface area (TPSA) is 97.6 Å². The second kappa shape index (κ2) is 13.3. The Hall–Kier alpha value is -3.36. The fraction of sp³-hybridized carbons (Fsp3) is 0.471. The number of rotatable bonds is 4. The Bertz CT molecular complexity index is 1430. The Morgan fingerprint density at radius 1 is 0.568 bits per heavy atom. The van der Waals surface area contributed by atoms with Crippen molar-refractivity contribution in [1.82, 2.24) is 21.5 Å². The monoisotopic (exact) mass is 638 g/mol. The first-order valence-electron chi connectivity index (χ1n) is 15.0. The zero-order chi connectivity index (χ0) is 30.2. The normalized spacial score (nSPS) is 20.3. The first-order chi connectivity index (χ1) is 19.7. The van der Waals surface area contributed by atoms with Gasteiger partial charge in [0.05, 0.1) is 23.5 Å². The van der Waals surface area contributed by atoms with Crippen LogP contribution in [-0.2, 0) is 0 Å². The van der Waals surface area contributed by atoms with Crippen LogP contribution in [0.3, 0.4) is 0 Å². The molecule has 0 saturated heterocycles. The lowest BCUT2D eigenvalue weighted by atomic mass is 9.91. The Labute approximate surface area is 274 Å². The zero-order valence-electron chi connectivity index (χ0n) is 27.2. The molecule has 0 spiro atoms. The minimum atomic E-state index is -0.156. The number of hydrazone groups is 2. The molecule has 2 heterocycles. The molecule has 0 bridgehead atoms. The molecule has 5 rings (SSSR count). The van der Waals surface area contributed by atoms with Gasteiger partial charge < -0.3 is 10.6 Å². The molecule has 3 aromatic carbocycles. The molecule has 2 aliphatic heterocycles. The van der Waals surface area contributed by atoms with Crippen LogP contribution in [-0.4, -0.2) is 46.5 Å². The van der Waals surface area contributed by atoms with E-state index in [-0.39, 0.29) is 47.0 Å². The minimum absolute atomic E-state index is 0. The molecule has 4 N–H and O–H groups in total. The number of aliphatic imine (C=N–C) groups is 2. The van der Waals surface area contributed by atoms with Crippen LogP contribution in [0.4, 0.5) is 0 Å². The summed E-state index contributed by atoms with van der Waals surface area (Å²) < 4.78 is 0. The highest BCUT2D eigenvalue weighted by atomic mass is 35.5. The number of nitrogens with zero attached hydrogens (tertiary/aromatic N) is 4. The van der Waals surface area contributed by atoms with Crippen LogP contribution >= 0.6 is 24.8 Å². The van der Waals surface area contributed by atoms with Gasteiger partial charge in [0.15, 0.2) is 0 Å². The summed E-state index contributed by atoms with van der Waals surface area (Å²) in [7, 11) is 0.